The van der Waals surface area contributed by atoms with Gasteiger partial charge in [-0.15, -0.1) is 11.3 Å². The van der Waals surface area contributed by atoms with Gasteiger partial charge in [0, 0.05) is 43.2 Å². The molecule has 0 aliphatic carbocycles. The maximum Gasteiger partial charge on any atom is 0.0944 e. The van der Waals surface area contributed by atoms with Crippen LogP contribution in [0.15, 0.2) is 5.38 Å². The molecule has 1 saturated heterocycles. The molecule has 2 rings (SSSR count). The highest BCUT2D eigenvalue weighted by atomic mass is 32.1. The van der Waals surface area contributed by atoms with E-state index < -0.39 is 0 Å². The third-order valence-electron chi connectivity index (χ3n) is 2.13. The van der Waals surface area contributed by atoms with E-state index in [4.69, 9.17) is 0 Å². The molecule has 1 N–H and O–H groups in total. The van der Waals surface area contributed by atoms with Crippen LogP contribution in [-0.2, 0) is 6.42 Å². The highest BCUT2D eigenvalue weighted by Crippen LogP contribution is 2.11. The minimum atomic E-state index is 0.444. The van der Waals surface area contributed by atoms with E-state index in [0.29, 0.717) is 6.04 Å². The van der Waals surface area contributed by atoms with Crippen LogP contribution in [0.4, 0.5) is 0 Å². The summed E-state index contributed by atoms with van der Waals surface area (Å²) in [6, 6.07) is 0.444. The maximum absolute atomic E-state index is 4.54. The molecule has 1 aliphatic rings. The Morgan fingerprint density at radius 1 is 1.69 bits per heavy atom. The zero-order valence-electron chi connectivity index (χ0n) is 7.79. The highest BCUT2D eigenvalue weighted by Gasteiger charge is 2.15. The first-order valence-electron chi connectivity index (χ1n) is 4.63. The van der Waals surface area contributed by atoms with Crippen molar-refractivity contribution >= 4 is 11.3 Å². The molecule has 71 valence electrons. The van der Waals surface area contributed by atoms with Gasteiger partial charge in [-0.3, -0.25) is 0 Å². The van der Waals surface area contributed by atoms with Crippen molar-refractivity contribution in [3.8, 4) is 0 Å². The molecule has 1 aromatic rings. The normalized spacial score (nSPS) is 23.3. The van der Waals surface area contributed by atoms with Crippen molar-refractivity contribution in [3.05, 3.63) is 16.1 Å². The highest BCUT2D eigenvalue weighted by molar-refractivity contribution is 7.09. The van der Waals surface area contributed by atoms with E-state index in [2.05, 4.69) is 21.0 Å². The Morgan fingerprint density at radius 2 is 2.62 bits per heavy atom. The van der Waals surface area contributed by atoms with Crippen LogP contribution < -0.4 is 10.6 Å². The van der Waals surface area contributed by atoms with Crippen LogP contribution >= 0.6 is 11.3 Å². The van der Waals surface area contributed by atoms with Gasteiger partial charge in [0.15, 0.2) is 0 Å². The second kappa shape index (κ2) is 4.17. The van der Waals surface area contributed by atoms with Crippen molar-refractivity contribution < 1.29 is 0 Å². The summed E-state index contributed by atoms with van der Waals surface area (Å²) in [5, 5.41) is 11.2. The first-order valence-corrected chi connectivity index (χ1v) is 5.51. The van der Waals surface area contributed by atoms with Crippen molar-refractivity contribution in [2.45, 2.75) is 19.4 Å². The smallest absolute Gasteiger partial charge is 0.0944 e. The van der Waals surface area contributed by atoms with Gasteiger partial charge in [0.25, 0.3) is 0 Å². The molecule has 1 atom stereocenters. The van der Waals surface area contributed by atoms with Crippen molar-refractivity contribution in [3.63, 3.8) is 0 Å². The van der Waals surface area contributed by atoms with E-state index in [1.54, 1.807) is 11.3 Å². The van der Waals surface area contributed by atoms with E-state index in [1.165, 1.54) is 5.01 Å². The van der Waals surface area contributed by atoms with Crippen LogP contribution in [0.1, 0.15) is 10.7 Å². The number of rotatable bonds is 2. The Balaban J connectivity index is 1.89. The van der Waals surface area contributed by atoms with Crippen molar-refractivity contribution in [1.29, 1.82) is 0 Å². The summed E-state index contributed by atoms with van der Waals surface area (Å²) in [5.41, 5.74) is 1.13. The van der Waals surface area contributed by atoms with Gasteiger partial charge >= 0.3 is 0 Å². The van der Waals surface area contributed by atoms with E-state index >= 15 is 0 Å². The molecular weight excluding hydrogens is 182 g/mol. The lowest BCUT2D eigenvalue weighted by Gasteiger charge is -2.21. The van der Waals surface area contributed by atoms with E-state index in [1.807, 2.05) is 6.92 Å². The summed E-state index contributed by atoms with van der Waals surface area (Å²) in [6.07, 6.45) is 1.01. The van der Waals surface area contributed by atoms with Gasteiger partial charge in [-0.25, -0.2) is 10.3 Å². The molecule has 1 unspecified atom stereocenters. The van der Waals surface area contributed by atoms with Crippen LogP contribution in [0.5, 0.6) is 0 Å². The molecule has 0 amide bonds. The summed E-state index contributed by atoms with van der Waals surface area (Å²) in [4.78, 5) is 4.44. The van der Waals surface area contributed by atoms with Gasteiger partial charge < -0.3 is 5.32 Å². The molecule has 13 heavy (non-hydrogen) atoms. The van der Waals surface area contributed by atoms with Gasteiger partial charge in [0.05, 0.1) is 5.01 Å². The third kappa shape index (κ3) is 2.49. The topological polar surface area (TPSA) is 39.0 Å². The molecule has 1 aromatic heterocycles. The number of thiazole rings is 1. The minimum Gasteiger partial charge on any atom is -0.314 e. The second-order valence-corrected chi connectivity index (χ2v) is 4.29. The Labute approximate surface area is 82.6 Å². The SMILES string of the molecule is Cc1csc(CC2CNCC[N]2)n1. The minimum absolute atomic E-state index is 0.444. The van der Waals surface area contributed by atoms with Gasteiger partial charge in [0.1, 0.15) is 0 Å². The molecule has 1 aliphatic heterocycles. The van der Waals surface area contributed by atoms with Crippen LogP contribution in [0.2, 0.25) is 0 Å². The summed E-state index contributed by atoms with van der Waals surface area (Å²) < 4.78 is 0. The lowest BCUT2D eigenvalue weighted by Crippen LogP contribution is -2.45. The number of aryl methyl sites for hydroxylation is 1. The molecule has 3 nitrogen and oxygen atoms in total. The molecule has 0 saturated carbocycles. The van der Waals surface area contributed by atoms with E-state index in [9.17, 15) is 0 Å². The van der Waals surface area contributed by atoms with E-state index in [-0.39, 0.29) is 0 Å². The Morgan fingerprint density at radius 3 is 3.23 bits per heavy atom. The summed E-state index contributed by atoms with van der Waals surface area (Å²) in [7, 11) is 0. The predicted molar refractivity (Wildman–Crippen MR) is 54.2 cm³/mol. The lowest BCUT2D eigenvalue weighted by atomic mass is 10.2. The van der Waals surface area contributed by atoms with Crippen molar-refractivity contribution in [2.75, 3.05) is 19.6 Å². The van der Waals surface area contributed by atoms with E-state index in [0.717, 1.165) is 31.7 Å². The van der Waals surface area contributed by atoms with Crippen LogP contribution in [-0.4, -0.2) is 30.7 Å². The Bertz CT molecular complexity index is 266. The Hall–Kier alpha value is -0.450. The second-order valence-electron chi connectivity index (χ2n) is 3.35. The summed E-state index contributed by atoms with van der Waals surface area (Å²) in [6.45, 7) is 5.04. The van der Waals surface area contributed by atoms with Crippen molar-refractivity contribution in [1.82, 2.24) is 15.6 Å². The third-order valence-corrected chi connectivity index (χ3v) is 3.12. The fraction of sp³-hybridized carbons (Fsp3) is 0.667. The molecule has 0 spiro atoms. The maximum atomic E-state index is 4.54. The molecule has 4 heteroatoms. The zero-order valence-corrected chi connectivity index (χ0v) is 8.60. The summed E-state index contributed by atoms with van der Waals surface area (Å²) >= 11 is 1.74. The van der Waals surface area contributed by atoms with Crippen LogP contribution in [0.25, 0.3) is 0 Å². The molecule has 2 heterocycles. The number of aromatic nitrogens is 1. The molecule has 1 fully saturated rings. The number of hydrogen-bond acceptors (Lipinski definition) is 3. The standard InChI is InChI=1S/C9H14N3S/c1-7-6-13-9(12-7)4-8-5-10-2-3-11-8/h6,8,10H,2-5H2,1H3. The average Bonchev–Trinajstić information content (AvgIpc) is 2.53. The lowest BCUT2D eigenvalue weighted by molar-refractivity contribution is 0.408. The zero-order chi connectivity index (χ0) is 9.10. The first kappa shape index (κ1) is 9.12. The molecular formula is C9H14N3S. The monoisotopic (exact) mass is 196 g/mol. The quantitative estimate of drug-likeness (QED) is 0.751. The van der Waals surface area contributed by atoms with Crippen LogP contribution in [0.3, 0.4) is 0 Å². The number of nitrogens with zero attached hydrogens (tertiary/aromatic N) is 2. The van der Waals surface area contributed by atoms with Crippen molar-refractivity contribution in [2.24, 2.45) is 0 Å². The Kier molecular flexibility index (Phi) is 2.93. The molecule has 1 radical (unpaired) electrons. The fourth-order valence-electron chi connectivity index (χ4n) is 1.49. The van der Waals surface area contributed by atoms with Crippen LogP contribution in [0, 0.1) is 6.92 Å². The molecule has 0 bridgehead atoms. The van der Waals surface area contributed by atoms with Gasteiger partial charge in [-0.1, -0.05) is 0 Å². The largest absolute Gasteiger partial charge is 0.314 e. The van der Waals surface area contributed by atoms with Gasteiger partial charge in [-0.05, 0) is 6.92 Å². The predicted octanol–water partition coefficient (Wildman–Crippen LogP) is 0.570. The first-order chi connectivity index (χ1) is 6.34. The van der Waals surface area contributed by atoms with Gasteiger partial charge in [-0.2, -0.15) is 0 Å². The summed E-state index contributed by atoms with van der Waals surface area (Å²) in [5.74, 6) is 0. The molecule has 0 aromatic carbocycles. The number of piperazine rings is 1. The average molecular weight is 196 g/mol. The fourth-order valence-corrected chi connectivity index (χ4v) is 2.34. The van der Waals surface area contributed by atoms with Gasteiger partial charge in [0.2, 0.25) is 0 Å². The number of hydrogen-bond donors (Lipinski definition) is 1. The number of nitrogens with one attached hydrogen (secondary N) is 1.